The van der Waals surface area contributed by atoms with E-state index in [0.29, 0.717) is 17.0 Å². The molecule has 3 rings (SSSR count). The summed E-state index contributed by atoms with van der Waals surface area (Å²) in [5.41, 5.74) is 2.81. The SMILES string of the molecule is CCc1nc(C)c2c(=O)n(C(C)C)c3ccc(OC)nc3n12. The molecule has 0 fully saturated rings. The highest BCUT2D eigenvalue weighted by molar-refractivity contribution is 5.77. The monoisotopic (exact) mass is 300 g/mol. The fraction of sp³-hybridized carbons (Fsp3) is 0.438. The van der Waals surface area contributed by atoms with Crippen LogP contribution >= 0.6 is 0 Å². The van der Waals surface area contributed by atoms with Crippen LogP contribution in [-0.4, -0.2) is 26.0 Å². The number of nitrogens with zero attached hydrogens (tertiary/aromatic N) is 4. The molecule has 3 heterocycles. The fourth-order valence-corrected chi connectivity index (χ4v) is 2.93. The molecule has 116 valence electrons. The van der Waals surface area contributed by atoms with Gasteiger partial charge in [-0.1, -0.05) is 6.92 Å². The van der Waals surface area contributed by atoms with Gasteiger partial charge in [0.2, 0.25) is 5.88 Å². The summed E-state index contributed by atoms with van der Waals surface area (Å²) in [6.45, 7) is 7.88. The van der Waals surface area contributed by atoms with Crippen molar-refractivity contribution in [2.24, 2.45) is 0 Å². The maximum absolute atomic E-state index is 12.9. The van der Waals surface area contributed by atoms with E-state index in [-0.39, 0.29) is 11.6 Å². The number of ether oxygens (including phenoxy) is 1. The van der Waals surface area contributed by atoms with Crippen LogP contribution in [0.1, 0.15) is 38.3 Å². The van der Waals surface area contributed by atoms with E-state index in [1.54, 1.807) is 17.7 Å². The molecule has 0 saturated heterocycles. The van der Waals surface area contributed by atoms with Gasteiger partial charge in [0.15, 0.2) is 5.65 Å². The van der Waals surface area contributed by atoms with Crippen molar-refractivity contribution in [1.82, 2.24) is 18.9 Å². The number of aryl methyl sites for hydroxylation is 2. The van der Waals surface area contributed by atoms with E-state index in [9.17, 15) is 4.79 Å². The molecule has 3 aromatic heterocycles. The van der Waals surface area contributed by atoms with Gasteiger partial charge in [-0.15, -0.1) is 0 Å². The van der Waals surface area contributed by atoms with Crippen LogP contribution in [0.5, 0.6) is 5.88 Å². The Hall–Kier alpha value is -2.37. The van der Waals surface area contributed by atoms with Gasteiger partial charge in [-0.25, -0.2) is 4.98 Å². The minimum absolute atomic E-state index is 0.0285. The lowest BCUT2D eigenvalue weighted by Gasteiger charge is -2.16. The molecule has 0 spiro atoms. The lowest BCUT2D eigenvalue weighted by atomic mass is 10.3. The molecule has 0 saturated carbocycles. The largest absolute Gasteiger partial charge is 0.481 e. The van der Waals surface area contributed by atoms with E-state index in [0.717, 1.165) is 23.5 Å². The van der Waals surface area contributed by atoms with Crippen molar-refractivity contribution in [2.75, 3.05) is 7.11 Å². The molecule has 0 aliphatic heterocycles. The van der Waals surface area contributed by atoms with Crippen LogP contribution in [0.2, 0.25) is 0 Å². The van der Waals surface area contributed by atoms with Crippen molar-refractivity contribution in [3.63, 3.8) is 0 Å². The minimum Gasteiger partial charge on any atom is -0.481 e. The predicted molar refractivity (Wildman–Crippen MR) is 85.8 cm³/mol. The quantitative estimate of drug-likeness (QED) is 0.745. The van der Waals surface area contributed by atoms with Crippen LogP contribution in [0.25, 0.3) is 16.7 Å². The molecule has 0 unspecified atom stereocenters. The summed E-state index contributed by atoms with van der Waals surface area (Å²) in [4.78, 5) is 22.0. The van der Waals surface area contributed by atoms with Gasteiger partial charge < -0.3 is 9.30 Å². The average Bonchev–Trinajstić information content (AvgIpc) is 2.84. The second-order valence-corrected chi connectivity index (χ2v) is 5.62. The Morgan fingerprint density at radius 1 is 1.27 bits per heavy atom. The summed E-state index contributed by atoms with van der Waals surface area (Å²) in [5, 5.41) is 0. The van der Waals surface area contributed by atoms with E-state index < -0.39 is 0 Å². The number of pyridine rings is 1. The molecule has 0 aromatic carbocycles. The molecule has 0 aliphatic carbocycles. The Labute approximate surface area is 128 Å². The molecule has 3 aromatic rings. The topological polar surface area (TPSA) is 61.4 Å². The van der Waals surface area contributed by atoms with Crippen molar-refractivity contribution in [3.05, 3.63) is 34.0 Å². The normalized spacial score (nSPS) is 11.7. The third kappa shape index (κ3) is 1.90. The van der Waals surface area contributed by atoms with E-state index in [1.165, 1.54) is 0 Å². The molecule has 6 heteroatoms. The highest BCUT2D eigenvalue weighted by atomic mass is 16.5. The van der Waals surface area contributed by atoms with E-state index in [1.807, 2.05) is 38.2 Å². The first-order chi connectivity index (χ1) is 10.5. The summed E-state index contributed by atoms with van der Waals surface area (Å²) in [6.07, 6.45) is 0.730. The lowest BCUT2D eigenvalue weighted by molar-refractivity contribution is 0.399. The molecule has 0 aliphatic rings. The zero-order valence-corrected chi connectivity index (χ0v) is 13.5. The number of fused-ring (bicyclic) bond motifs is 3. The number of rotatable bonds is 3. The molecule has 0 bridgehead atoms. The second-order valence-electron chi connectivity index (χ2n) is 5.62. The zero-order valence-electron chi connectivity index (χ0n) is 13.5. The second kappa shape index (κ2) is 5.12. The average molecular weight is 300 g/mol. The van der Waals surface area contributed by atoms with Crippen LogP contribution in [0, 0.1) is 6.92 Å². The maximum atomic E-state index is 12.9. The van der Waals surface area contributed by atoms with Gasteiger partial charge >= 0.3 is 0 Å². The van der Waals surface area contributed by atoms with Gasteiger partial charge in [0.05, 0.1) is 18.3 Å². The zero-order chi connectivity index (χ0) is 16.0. The van der Waals surface area contributed by atoms with Gasteiger partial charge in [0.1, 0.15) is 11.3 Å². The van der Waals surface area contributed by atoms with Crippen LogP contribution in [0.15, 0.2) is 16.9 Å². The van der Waals surface area contributed by atoms with E-state index >= 15 is 0 Å². The smallest absolute Gasteiger partial charge is 0.277 e. The standard InChI is InChI=1S/C16H20N4O2/c1-6-12-17-10(4)14-16(21)19(9(2)3)11-7-8-13(22-5)18-15(11)20(12)14/h7-9H,6H2,1-5H3. The van der Waals surface area contributed by atoms with Gasteiger partial charge in [-0.3, -0.25) is 9.20 Å². The number of hydrogen-bond acceptors (Lipinski definition) is 4. The van der Waals surface area contributed by atoms with Crippen LogP contribution in [0.4, 0.5) is 0 Å². The first-order valence-electron chi connectivity index (χ1n) is 7.46. The molecule has 0 N–H and O–H groups in total. The number of imidazole rings is 1. The fourth-order valence-electron chi connectivity index (χ4n) is 2.93. The summed E-state index contributed by atoms with van der Waals surface area (Å²) in [6, 6.07) is 3.70. The third-order valence-electron chi connectivity index (χ3n) is 3.88. The Kier molecular flexibility index (Phi) is 3.39. The Balaban J connectivity index is 2.64. The van der Waals surface area contributed by atoms with Crippen molar-refractivity contribution >= 4 is 16.7 Å². The van der Waals surface area contributed by atoms with E-state index in [4.69, 9.17) is 4.74 Å². The molecular formula is C16H20N4O2. The first-order valence-corrected chi connectivity index (χ1v) is 7.46. The summed E-state index contributed by atoms with van der Waals surface area (Å²) >= 11 is 0. The van der Waals surface area contributed by atoms with Crippen molar-refractivity contribution < 1.29 is 4.74 Å². The molecular weight excluding hydrogens is 280 g/mol. The van der Waals surface area contributed by atoms with Gasteiger partial charge in [0, 0.05) is 18.5 Å². The molecule has 0 amide bonds. The predicted octanol–water partition coefficient (Wildman–Crippen LogP) is 2.50. The number of aromatic nitrogens is 4. The van der Waals surface area contributed by atoms with Crippen LogP contribution in [-0.2, 0) is 6.42 Å². The first kappa shape index (κ1) is 14.6. The Morgan fingerprint density at radius 3 is 2.59 bits per heavy atom. The lowest BCUT2D eigenvalue weighted by Crippen LogP contribution is -2.25. The minimum atomic E-state index is -0.0285. The third-order valence-corrected chi connectivity index (χ3v) is 3.88. The van der Waals surface area contributed by atoms with Crippen LogP contribution in [0.3, 0.4) is 0 Å². The highest BCUT2D eigenvalue weighted by Crippen LogP contribution is 2.22. The van der Waals surface area contributed by atoms with Crippen molar-refractivity contribution in [2.45, 2.75) is 40.2 Å². The van der Waals surface area contributed by atoms with Crippen molar-refractivity contribution in [1.29, 1.82) is 0 Å². The van der Waals surface area contributed by atoms with E-state index in [2.05, 4.69) is 9.97 Å². The summed E-state index contributed by atoms with van der Waals surface area (Å²) in [5.74, 6) is 1.36. The molecule has 22 heavy (non-hydrogen) atoms. The molecule has 6 nitrogen and oxygen atoms in total. The summed E-state index contributed by atoms with van der Waals surface area (Å²) < 4.78 is 8.89. The van der Waals surface area contributed by atoms with Gasteiger partial charge in [-0.05, 0) is 26.8 Å². The Morgan fingerprint density at radius 2 is 2.00 bits per heavy atom. The number of hydrogen-bond donors (Lipinski definition) is 0. The summed E-state index contributed by atoms with van der Waals surface area (Å²) in [7, 11) is 1.59. The molecule has 0 atom stereocenters. The van der Waals surface area contributed by atoms with Crippen molar-refractivity contribution in [3.8, 4) is 5.88 Å². The molecule has 0 radical (unpaired) electrons. The van der Waals surface area contributed by atoms with Crippen LogP contribution < -0.4 is 10.3 Å². The van der Waals surface area contributed by atoms with Gasteiger partial charge in [-0.2, -0.15) is 4.98 Å². The van der Waals surface area contributed by atoms with Gasteiger partial charge in [0.25, 0.3) is 5.56 Å². The number of methoxy groups -OCH3 is 1. The Bertz CT molecular complexity index is 921. The maximum Gasteiger partial charge on any atom is 0.277 e. The highest BCUT2D eigenvalue weighted by Gasteiger charge is 2.19.